The summed E-state index contributed by atoms with van der Waals surface area (Å²) in [5.74, 6) is 10.5. The minimum absolute atomic E-state index is 0.511. The number of hydrazine groups is 4. The second-order valence-electron chi connectivity index (χ2n) is 1.55. The topological polar surface area (TPSA) is 104 Å². The Bertz CT molecular complexity index is 160. The predicted molar refractivity (Wildman–Crippen MR) is 36.2 cm³/mol. The largest absolute Gasteiger partial charge is 0.321 e. The van der Waals surface area contributed by atoms with Crippen LogP contribution in [-0.4, -0.2) is 11.1 Å². The van der Waals surface area contributed by atoms with Crippen molar-refractivity contribution in [3.63, 3.8) is 0 Å². The zero-order valence-electron chi connectivity index (χ0n) is 5.20. The number of hydrogen-bond acceptors (Lipinski definition) is 6. The Hall–Kier alpha value is -1.31. The Labute approximate surface area is 57.6 Å². The summed E-state index contributed by atoms with van der Waals surface area (Å²) in [6.45, 7) is 0. The predicted octanol–water partition coefficient (Wildman–Crippen LogP) is -2.52. The number of nitrogens with one attached hydrogen (secondary N) is 3. The van der Waals surface area contributed by atoms with Gasteiger partial charge in [0.05, 0.1) is 0 Å². The first-order valence-corrected chi connectivity index (χ1v) is 2.60. The number of amidine groups is 1. The lowest BCUT2D eigenvalue weighted by atomic mass is 10.5. The first-order valence-electron chi connectivity index (χ1n) is 2.60. The van der Waals surface area contributed by atoms with Crippen LogP contribution in [0, 0.1) is 0 Å². The Morgan fingerprint density at radius 3 is 3.10 bits per heavy atom. The third-order valence-corrected chi connectivity index (χ3v) is 0.939. The Balaban J connectivity index is 2.54. The van der Waals surface area contributed by atoms with Gasteiger partial charge in [-0.2, -0.15) is 10.6 Å². The summed E-state index contributed by atoms with van der Waals surface area (Å²) >= 11 is 0. The maximum atomic E-state index is 5.04. The van der Waals surface area contributed by atoms with Gasteiger partial charge in [-0.3, -0.25) is 16.7 Å². The molecule has 0 atom stereocenters. The highest BCUT2D eigenvalue weighted by molar-refractivity contribution is 5.92. The molecule has 10 heavy (non-hydrogen) atoms. The molecule has 0 aromatic rings. The molecule has 7 N–H and O–H groups in total. The maximum Gasteiger partial charge on any atom is 0.164 e. The van der Waals surface area contributed by atoms with Gasteiger partial charge in [0.1, 0.15) is 0 Å². The molecule has 7 heteroatoms. The van der Waals surface area contributed by atoms with Gasteiger partial charge in [0.15, 0.2) is 5.84 Å². The molecule has 56 valence electrons. The van der Waals surface area contributed by atoms with Gasteiger partial charge < -0.3 is 5.84 Å². The van der Waals surface area contributed by atoms with Gasteiger partial charge in [-0.25, -0.2) is 0 Å². The van der Waals surface area contributed by atoms with Crippen LogP contribution in [0.4, 0.5) is 0 Å². The van der Waals surface area contributed by atoms with Crippen LogP contribution in [-0.2, 0) is 0 Å². The van der Waals surface area contributed by atoms with Crippen LogP contribution in [0.25, 0.3) is 0 Å². The summed E-state index contributed by atoms with van der Waals surface area (Å²) in [5.41, 5.74) is 7.67. The molecule has 0 spiro atoms. The minimum Gasteiger partial charge on any atom is -0.321 e. The van der Waals surface area contributed by atoms with E-state index in [1.54, 1.807) is 12.3 Å². The molecule has 0 bridgehead atoms. The van der Waals surface area contributed by atoms with E-state index in [4.69, 9.17) is 11.7 Å². The highest BCUT2D eigenvalue weighted by Crippen LogP contribution is 1.81. The Morgan fingerprint density at radius 2 is 2.50 bits per heavy atom. The van der Waals surface area contributed by atoms with Crippen molar-refractivity contribution in [2.75, 3.05) is 0 Å². The third kappa shape index (κ3) is 1.35. The van der Waals surface area contributed by atoms with Gasteiger partial charge in [0.25, 0.3) is 0 Å². The quantitative estimate of drug-likeness (QED) is 0.205. The molecule has 1 aliphatic rings. The molecule has 0 saturated carbocycles. The lowest BCUT2D eigenvalue weighted by molar-refractivity contribution is 0.101. The third-order valence-electron chi connectivity index (χ3n) is 0.939. The van der Waals surface area contributed by atoms with Crippen LogP contribution in [0.5, 0.6) is 0 Å². The minimum atomic E-state index is 0.511. The standard InChI is InChI=1S/C3H9N7/c4-7-3-1-2-6-10(8-3)9-5/h1-2,6,9H,4-5H2,(H,7,8). The van der Waals surface area contributed by atoms with E-state index in [2.05, 4.69) is 21.5 Å². The molecule has 0 amide bonds. The zero-order chi connectivity index (χ0) is 7.40. The van der Waals surface area contributed by atoms with E-state index in [9.17, 15) is 0 Å². The second-order valence-corrected chi connectivity index (χ2v) is 1.55. The van der Waals surface area contributed by atoms with Crippen molar-refractivity contribution in [1.82, 2.24) is 21.6 Å². The summed E-state index contributed by atoms with van der Waals surface area (Å²) in [6.07, 6.45) is 3.29. The van der Waals surface area contributed by atoms with E-state index < -0.39 is 0 Å². The number of nitrogens with two attached hydrogens (primary N) is 2. The van der Waals surface area contributed by atoms with Crippen molar-refractivity contribution in [3.8, 4) is 0 Å². The first-order chi connectivity index (χ1) is 4.86. The van der Waals surface area contributed by atoms with Crippen LogP contribution < -0.4 is 28.1 Å². The molecule has 0 saturated heterocycles. The first kappa shape index (κ1) is 6.81. The van der Waals surface area contributed by atoms with Crippen molar-refractivity contribution >= 4 is 5.84 Å². The van der Waals surface area contributed by atoms with E-state index in [1.807, 2.05) is 0 Å². The monoisotopic (exact) mass is 143 g/mol. The van der Waals surface area contributed by atoms with E-state index in [0.29, 0.717) is 5.84 Å². The molecular weight excluding hydrogens is 134 g/mol. The van der Waals surface area contributed by atoms with E-state index >= 15 is 0 Å². The fraction of sp³-hybridized carbons (Fsp3) is 0. The van der Waals surface area contributed by atoms with Gasteiger partial charge in [-0.1, -0.05) is 5.23 Å². The number of hydrazone groups is 1. The van der Waals surface area contributed by atoms with Gasteiger partial charge in [-0.15, -0.1) is 0 Å². The smallest absolute Gasteiger partial charge is 0.164 e. The second kappa shape index (κ2) is 3.01. The van der Waals surface area contributed by atoms with Crippen molar-refractivity contribution in [3.05, 3.63) is 12.3 Å². The summed E-state index contributed by atoms with van der Waals surface area (Å²) in [7, 11) is 0. The highest BCUT2D eigenvalue weighted by Gasteiger charge is 2.04. The molecule has 1 heterocycles. The van der Waals surface area contributed by atoms with Crippen LogP contribution in [0.1, 0.15) is 0 Å². The van der Waals surface area contributed by atoms with Gasteiger partial charge >= 0.3 is 0 Å². The molecule has 0 aromatic heterocycles. The molecule has 7 nitrogen and oxygen atoms in total. The van der Waals surface area contributed by atoms with E-state index in [0.717, 1.165) is 0 Å². The average Bonchev–Trinajstić information content (AvgIpc) is 2.05. The summed E-state index contributed by atoms with van der Waals surface area (Å²) in [4.78, 5) is 0. The molecule has 0 unspecified atom stereocenters. The number of nitrogens with zero attached hydrogens (tertiary/aromatic N) is 2. The summed E-state index contributed by atoms with van der Waals surface area (Å²) in [5, 5.41) is 4.68. The average molecular weight is 143 g/mol. The number of hydrogen-bond donors (Lipinski definition) is 5. The van der Waals surface area contributed by atoms with Crippen LogP contribution in [0.2, 0.25) is 0 Å². The zero-order valence-corrected chi connectivity index (χ0v) is 5.20. The molecule has 0 radical (unpaired) electrons. The van der Waals surface area contributed by atoms with Crippen LogP contribution >= 0.6 is 0 Å². The molecule has 0 aliphatic carbocycles. The lowest BCUT2D eigenvalue weighted by Gasteiger charge is -2.24. The van der Waals surface area contributed by atoms with Crippen LogP contribution in [0.3, 0.4) is 0 Å². The number of rotatable bonds is 1. The molecule has 0 aromatic carbocycles. The summed E-state index contributed by atoms with van der Waals surface area (Å²) < 4.78 is 0. The van der Waals surface area contributed by atoms with Gasteiger partial charge in [0, 0.05) is 12.3 Å². The SMILES string of the molecule is NN=C1C=CNN(NN)N1. The van der Waals surface area contributed by atoms with E-state index in [-0.39, 0.29) is 0 Å². The fourth-order valence-electron chi connectivity index (χ4n) is 0.516. The Kier molecular flexibility index (Phi) is 2.05. The highest BCUT2D eigenvalue weighted by atomic mass is 15.9. The van der Waals surface area contributed by atoms with Crippen molar-refractivity contribution in [2.45, 2.75) is 0 Å². The van der Waals surface area contributed by atoms with Gasteiger partial charge in [0.2, 0.25) is 0 Å². The van der Waals surface area contributed by atoms with Gasteiger partial charge in [-0.05, 0) is 0 Å². The molecule has 0 fully saturated rings. The molecule has 1 aliphatic heterocycles. The summed E-state index contributed by atoms with van der Waals surface area (Å²) in [6, 6.07) is 0. The van der Waals surface area contributed by atoms with Crippen LogP contribution in [0.15, 0.2) is 17.4 Å². The maximum absolute atomic E-state index is 5.04. The normalized spacial score (nSPS) is 22.3. The fourth-order valence-corrected chi connectivity index (χ4v) is 0.516. The van der Waals surface area contributed by atoms with Crippen molar-refractivity contribution in [1.29, 1.82) is 0 Å². The lowest BCUT2D eigenvalue weighted by Crippen LogP contribution is -2.60. The van der Waals surface area contributed by atoms with Crippen molar-refractivity contribution < 1.29 is 0 Å². The van der Waals surface area contributed by atoms with Crippen molar-refractivity contribution in [2.24, 2.45) is 16.8 Å². The Morgan fingerprint density at radius 1 is 1.70 bits per heavy atom. The van der Waals surface area contributed by atoms with E-state index in [1.165, 1.54) is 5.23 Å². The molecular formula is C3H9N7. The molecule has 1 rings (SSSR count).